The molecule has 13 nitrogen and oxygen atoms in total. The number of hydrogen-bond donors (Lipinski definition) is 5. The Kier molecular flexibility index (Phi) is 25.6. The summed E-state index contributed by atoms with van der Waals surface area (Å²) in [6.07, 6.45) is 18.6. The van der Waals surface area contributed by atoms with Crippen molar-refractivity contribution in [1.82, 2.24) is 0 Å². The summed E-state index contributed by atoms with van der Waals surface area (Å²) < 4.78 is 126. The van der Waals surface area contributed by atoms with Gasteiger partial charge in [0.2, 0.25) is 0 Å². The lowest BCUT2D eigenvalue weighted by molar-refractivity contribution is 0.452. The molecule has 0 bridgehead atoms. The topological polar surface area (TPSA) is 230 Å². The number of para-hydroxylation sites is 2. The first kappa shape index (κ1) is 55.9. The van der Waals surface area contributed by atoms with E-state index in [9.17, 15) is 33.7 Å². The molecule has 0 aliphatic rings. The maximum absolute atomic E-state index is 11.2. The van der Waals surface area contributed by atoms with Crippen molar-refractivity contribution in [3.63, 3.8) is 0 Å². The Morgan fingerprint density at radius 2 is 0.574 bits per heavy atom. The van der Waals surface area contributed by atoms with Gasteiger partial charge in [-0.2, -0.15) is 33.7 Å². The molecule has 0 radical (unpaired) electrons. The van der Waals surface area contributed by atoms with Crippen molar-refractivity contribution < 1.29 is 51.9 Å². The Balaban J connectivity index is 2.32. The van der Waals surface area contributed by atoms with Crippen molar-refractivity contribution in [2.24, 2.45) is 0 Å². The van der Waals surface area contributed by atoms with Gasteiger partial charge in [0.05, 0.1) is 23.0 Å². The first-order chi connectivity index (χ1) is 28.5. The third-order valence-electron chi connectivity index (χ3n) is 11.3. The molecule has 352 valence electrons. The Labute approximate surface area is 372 Å². The summed E-state index contributed by atoms with van der Waals surface area (Å²) in [5.74, 6) is -0.936. The Morgan fingerprint density at radius 1 is 0.361 bits per heavy atom. The summed E-state index contributed by atoms with van der Waals surface area (Å²) in [7, 11) is -9.60. The van der Waals surface area contributed by atoms with E-state index in [4.69, 9.17) is 18.2 Å². The second kappa shape index (κ2) is 27.9. The van der Waals surface area contributed by atoms with Crippen LogP contribution in [0.25, 0.3) is 0 Å². The van der Waals surface area contributed by atoms with E-state index in [1.165, 1.54) is 0 Å². The fraction of sp³-hybridized carbons (Fsp3) is 0.714. The minimum absolute atomic E-state index is 0.234. The number of unbranched alkanes of at least 4 members (excludes halogenated alkanes) is 16. The quantitative estimate of drug-likeness (QED) is 0.0243. The zero-order valence-corrected chi connectivity index (χ0v) is 41.3. The van der Waals surface area contributed by atoms with Gasteiger partial charge in [-0.3, -0.25) is 18.2 Å². The minimum Gasteiger partial charge on any atom is -0.355 e. The monoisotopic (exact) mass is 973 g/mol. The van der Waals surface area contributed by atoms with Crippen LogP contribution in [0.15, 0.2) is 48.5 Å². The number of hydrogen-bond acceptors (Lipinski definition) is 9. The molecule has 19 heteroatoms. The Hall–Kier alpha value is -1.26. The van der Waals surface area contributed by atoms with Gasteiger partial charge >= 0.3 is 0 Å². The van der Waals surface area contributed by atoms with Gasteiger partial charge in [-0.1, -0.05) is 139 Å². The third kappa shape index (κ3) is 26.3. The van der Waals surface area contributed by atoms with Crippen LogP contribution in [0.1, 0.15) is 165 Å². The largest absolute Gasteiger partial charge is 0.355 e. The van der Waals surface area contributed by atoms with Gasteiger partial charge < -0.3 is 5.32 Å². The molecule has 0 heterocycles. The predicted molar refractivity (Wildman–Crippen MR) is 255 cm³/mol. The fourth-order valence-electron chi connectivity index (χ4n) is 8.01. The average molecular weight is 974 g/mol. The van der Waals surface area contributed by atoms with Crippen molar-refractivity contribution in [2.45, 2.75) is 164 Å². The van der Waals surface area contributed by atoms with E-state index in [1.54, 1.807) is 0 Å². The normalized spacial score (nSPS) is 13.1. The summed E-state index contributed by atoms with van der Waals surface area (Å²) in [4.78, 5) is 0. The van der Waals surface area contributed by atoms with E-state index in [-0.39, 0.29) is 33.3 Å². The lowest BCUT2D eigenvalue weighted by Gasteiger charge is -2.35. The van der Waals surface area contributed by atoms with Crippen molar-refractivity contribution in [1.29, 1.82) is 0 Å². The van der Waals surface area contributed by atoms with Crippen LogP contribution in [0.2, 0.25) is 0 Å². The summed E-state index contributed by atoms with van der Waals surface area (Å²) in [5, 5.41) is 3.23. The lowest BCUT2D eigenvalue weighted by atomic mass is 9.84. The molecule has 0 aliphatic heterocycles. The van der Waals surface area contributed by atoms with Gasteiger partial charge in [-0.25, -0.2) is 0 Å². The van der Waals surface area contributed by atoms with Gasteiger partial charge in [0, 0.05) is 21.7 Å². The fourth-order valence-corrected chi connectivity index (χ4v) is 11.6. The highest BCUT2D eigenvalue weighted by molar-refractivity contribution is 7.86. The molecule has 2 atom stereocenters. The first-order valence-corrected chi connectivity index (χ1v) is 29.5. The number of nitrogens with one attached hydrogen (secondary N) is 1. The lowest BCUT2D eigenvalue weighted by Crippen LogP contribution is -2.22. The highest BCUT2D eigenvalue weighted by atomic mass is 32.2. The molecule has 61 heavy (non-hydrogen) atoms. The van der Waals surface area contributed by atoms with Crippen LogP contribution in [-0.2, 0) is 50.8 Å². The molecular weight excluding hydrogens is 901 g/mol. The number of benzene rings is 2. The smallest absolute Gasteiger partial charge is 0.264 e. The van der Waals surface area contributed by atoms with Crippen LogP contribution in [-0.4, -0.2) is 74.9 Å². The van der Waals surface area contributed by atoms with Crippen LogP contribution >= 0.6 is 18.5 Å². The zero-order valence-electron chi connectivity index (χ0n) is 35.8. The average Bonchev–Trinajstić information content (AvgIpc) is 3.15. The van der Waals surface area contributed by atoms with E-state index in [1.807, 2.05) is 24.3 Å². The molecule has 2 aromatic rings. The molecule has 0 fully saturated rings. The van der Waals surface area contributed by atoms with Gasteiger partial charge in [-0.15, -0.1) is 18.5 Å². The maximum Gasteiger partial charge on any atom is 0.264 e. The maximum atomic E-state index is 11.2. The highest BCUT2D eigenvalue weighted by Gasteiger charge is 2.31. The van der Waals surface area contributed by atoms with Gasteiger partial charge in [0.25, 0.3) is 40.5 Å². The predicted octanol–water partition coefficient (Wildman–Crippen LogP) is 10.5. The molecule has 2 aromatic carbocycles. The van der Waals surface area contributed by atoms with Gasteiger partial charge in [0.15, 0.2) is 0 Å². The molecule has 0 spiro atoms. The van der Waals surface area contributed by atoms with E-state index < -0.39 is 40.5 Å². The minimum atomic E-state index is -3.97. The van der Waals surface area contributed by atoms with Crippen LogP contribution in [0.3, 0.4) is 0 Å². The second-order valence-corrected chi connectivity index (χ2v) is 25.2. The summed E-state index contributed by atoms with van der Waals surface area (Å²) in [6.45, 7) is 0. The molecule has 5 N–H and O–H groups in total. The van der Waals surface area contributed by atoms with Crippen LogP contribution in [0.4, 0.5) is 11.4 Å². The molecule has 0 saturated carbocycles. The standard InChI is InChI=1S/C42H73NO12P2S4/c44-58(45,46)33-21-9-1-5-17-29-41(56,30-18-6-2-10-22-34-59(47,48)49)37-25-13-15-27-39(37)43-40-28-16-14-26-38(40)42(57,31-19-7-3-11-23-35-60(50,51)52)32-20-8-4-12-24-36-61(53,54)55/h13-16,25-28,43H,1-12,17-24,29-36,56-57H2,(H,44,45,46)(H,47,48,49)(H,50,51,52)(H,53,54,55). The highest BCUT2D eigenvalue weighted by Crippen LogP contribution is 2.48. The Bertz CT molecular complexity index is 1780. The molecule has 2 unspecified atom stereocenters. The Morgan fingerprint density at radius 3 is 0.820 bits per heavy atom. The number of anilines is 2. The molecule has 0 aliphatic carbocycles. The molecule has 0 aromatic heterocycles. The third-order valence-corrected chi connectivity index (χ3v) is 16.3. The zero-order chi connectivity index (χ0) is 45.5. The molecule has 0 saturated heterocycles. The van der Waals surface area contributed by atoms with Crippen LogP contribution in [0, 0.1) is 0 Å². The van der Waals surface area contributed by atoms with Crippen molar-refractivity contribution >= 4 is 70.3 Å². The van der Waals surface area contributed by atoms with E-state index in [2.05, 4.69) is 48.1 Å². The SMILES string of the molecule is O=S(=O)(O)CCCCCCCC(P)(CCCCCCCS(=O)(=O)O)c1ccccc1Nc1ccccc1C(P)(CCCCCCCS(=O)(=O)O)CCCCCCCS(=O)(=O)O. The van der Waals surface area contributed by atoms with Crippen LogP contribution in [0.5, 0.6) is 0 Å². The van der Waals surface area contributed by atoms with Gasteiger partial charge in [-0.05, 0) is 74.6 Å². The summed E-state index contributed by atoms with van der Waals surface area (Å²) in [5.41, 5.74) is 4.26. The van der Waals surface area contributed by atoms with Gasteiger partial charge in [0.1, 0.15) is 0 Å². The molecule has 2 rings (SSSR count). The van der Waals surface area contributed by atoms with E-state index in [0.29, 0.717) is 51.4 Å². The first-order valence-electron chi connectivity index (χ1n) is 21.9. The van der Waals surface area contributed by atoms with Crippen molar-refractivity contribution in [3.05, 3.63) is 59.7 Å². The summed E-state index contributed by atoms with van der Waals surface area (Å²) in [6, 6.07) is 16.6. The summed E-state index contributed by atoms with van der Waals surface area (Å²) >= 11 is 0. The molecular formula is C42H73NO12P2S4. The van der Waals surface area contributed by atoms with Crippen molar-refractivity contribution in [2.75, 3.05) is 28.3 Å². The number of rotatable bonds is 36. The van der Waals surface area contributed by atoms with E-state index >= 15 is 0 Å². The van der Waals surface area contributed by atoms with Crippen molar-refractivity contribution in [3.8, 4) is 0 Å². The van der Waals surface area contributed by atoms with E-state index in [0.717, 1.165) is 125 Å². The van der Waals surface area contributed by atoms with Crippen LogP contribution < -0.4 is 5.32 Å². The second-order valence-electron chi connectivity index (χ2n) is 16.7. The molecule has 0 amide bonds.